The minimum Gasteiger partial charge on any atom is -0.492 e. The van der Waals surface area contributed by atoms with Gasteiger partial charge in [0.25, 0.3) is 0 Å². The molecule has 1 saturated heterocycles. The van der Waals surface area contributed by atoms with Crippen molar-refractivity contribution in [2.75, 3.05) is 13.2 Å². The molecule has 1 aliphatic rings. The Balaban J connectivity index is 1.61. The van der Waals surface area contributed by atoms with Gasteiger partial charge in [-0.25, -0.2) is 8.42 Å². The van der Waals surface area contributed by atoms with Crippen molar-refractivity contribution in [2.45, 2.75) is 29.5 Å². The monoisotopic (exact) mass is 441 g/mol. The van der Waals surface area contributed by atoms with Gasteiger partial charge in [-0.15, -0.1) is 0 Å². The lowest BCUT2D eigenvalue weighted by molar-refractivity contribution is -0.109. The maximum absolute atomic E-state index is 13.5. The number of hydrogen-bond acceptors (Lipinski definition) is 5. The van der Waals surface area contributed by atoms with Crippen molar-refractivity contribution in [2.24, 2.45) is 0 Å². The SMILES string of the molecule is CC(=O)S[C@H]1C[C@@H](COc2ccccc2)N(S(=O)(=O)c2ccc3ccccc3c2)C1. The van der Waals surface area contributed by atoms with E-state index in [1.165, 1.54) is 23.0 Å². The number of sulfonamides is 1. The van der Waals surface area contributed by atoms with Gasteiger partial charge >= 0.3 is 0 Å². The predicted molar refractivity (Wildman–Crippen MR) is 120 cm³/mol. The molecule has 4 rings (SSSR count). The molecule has 2 atom stereocenters. The number of carbonyl (C=O) groups excluding carboxylic acids is 1. The highest BCUT2D eigenvalue weighted by Crippen LogP contribution is 2.33. The minimum atomic E-state index is -3.72. The van der Waals surface area contributed by atoms with E-state index in [4.69, 9.17) is 4.74 Å². The van der Waals surface area contributed by atoms with Crippen LogP contribution in [0.1, 0.15) is 13.3 Å². The van der Waals surface area contributed by atoms with Crippen LogP contribution in [-0.2, 0) is 14.8 Å². The summed E-state index contributed by atoms with van der Waals surface area (Å²) in [5, 5.41) is 1.78. The highest BCUT2D eigenvalue weighted by atomic mass is 32.2. The average molecular weight is 442 g/mol. The molecule has 0 bridgehead atoms. The van der Waals surface area contributed by atoms with Crippen molar-refractivity contribution in [3.8, 4) is 5.75 Å². The summed E-state index contributed by atoms with van der Waals surface area (Å²) in [6.07, 6.45) is 0.573. The van der Waals surface area contributed by atoms with Gasteiger partial charge < -0.3 is 4.74 Å². The largest absolute Gasteiger partial charge is 0.492 e. The van der Waals surface area contributed by atoms with Crippen LogP contribution < -0.4 is 4.74 Å². The van der Waals surface area contributed by atoms with Gasteiger partial charge in [0.2, 0.25) is 10.0 Å². The second-order valence-electron chi connectivity index (χ2n) is 7.33. The smallest absolute Gasteiger partial charge is 0.243 e. The molecule has 3 aromatic carbocycles. The molecular weight excluding hydrogens is 418 g/mol. The van der Waals surface area contributed by atoms with E-state index < -0.39 is 10.0 Å². The number of thioether (sulfide) groups is 1. The summed E-state index contributed by atoms with van der Waals surface area (Å²) in [5.74, 6) is 0.697. The Labute approximate surface area is 181 Å². The Morgan fingerprint density at radius 2 is 1.73 bits per heavy atom. The van der Waals surface area contributed by atoms with E-state index in [0.29, 0.717) is 18.7 Å². The highest BCUT2D eigenvalue weighted by Gasteiger charge is 2.41. The zero-order chi connectivity index (χ0) is 21.1. The summed E-state index contributed by atoms with van der Waals surface area (Å²) < 4.78 is 34.4. The highest BCUT2D eigenvalue weighted by molar-refractivity contribution is 8.14. The molecule has 0 saturated carbocycles. The maximum Gasteiger partial charge on any atom is 0.243 e. The van der Waals surface area contributed by atoms with E-state index in [9.17, 15) is 13.2 Å². The number of para-hydroxylation sites is 1. The number of rotatable bonds is 6. The number of nitrogens with zero attached hydrogens (tertiary/aromatic N) is 1. The van der Waals surface area contributed by atoms with Crippen molar-refractivity contribution in [1.82, 2.24) is 4.31 Å². The standard InChI is InChI=1S/C23H23NO4S2/c1-17(25)29-22-14-20(16-28-21-9-3-2-4-10-21)24(15-22)30(26,27)23-12-11-18-7-5-6-8-19(18)13-23/h2-13,20,22H,14-16H2,1H3/t20-,22-/m0/s1. The molecule has 1 heterocycles. The van der Waals surface area contributed by atoms with Crippen LogP contribution in [0.25, 0.3) is 10.8 Å². The number of fused-ring (bicyclic) bond motifs is 1. The van der Waals surface area contributed by atoms with E-state index in [2.05, 4.69) is 0 Å². The molecule has 1 aliphatic heterocycles. The van der Waals surface area contributed by atoms with Crippen LogP contribution in [-0.4, -0.2) is 42.3 Å². The lowest BCUT2D eigenvalue weighted by atomic mass is 10.1. The Bertz CT molecular complexity index is 1150. The molecule has 156 valence electrons. The average Bonchev–Trinajstić information content (AvgIpc) is 3.15. The van der Waals surface area contributed by atoms with Gasteiger partial charge in [-0.1, -0.05) is 60.3 Å². The molecular formula is C23H23NO4S2. The van der Waals surface area contributed by atoms with E-state index in [0.717, 1.165) is 10.8 Å². The van der Waals surface area contributed by atoms with Crippen LogP contribution in [0.15, 0.2) is 77.7 Å². The van der Waals surface area contributed by atoms with Gasteiger partial charge in [-0.3, -0.25) is 4.79 Å². The lowest BCUT2D eigenvalue weighted by Gasteiger charge is -2.24. The molecule has 1 fully saturated rings. The van der Waals surface area contributed by atoms with Gasteiger partial charge in [-0.05, 0) is 41.5 Å². The molecule has 0 aromatic heterocycles. The molecule has 0 radical (unpaired) electrons. The van der Waals surface area contributed by atoms with Gasteiger partial charge in [-0.2, -0.15) is 4.31 Å². The Morgan fingerprint density at radius 3 is 2.47 bits per heavy atom. The van der Waals surface area contributed by atoms with E-state index in [1.54, 1.807) is 12.1 Å². The molecule has 0 unspecified atom stereocenters. The van der Waals surface area contributed by atoms with Gasteiger partial charge in [0.15, 0.2) is 5.12 Å². The molecule has 0 spiro atoms. The fourth-order valence-electron chi connectivity index (χ4n) is 3.78. The van der Waals surface area contributed by atoms with Crippen LogP contribution >= 0.6 is 11.8 Å². The van der Waals surface area contributed by atoms with E-state index in [1.807, 2.05) is 60.7 Å². The molecule has 0 aliphatic carbocycles. The Morgan fingerprint density at radius 1 is 1.03 bits per heavy atom. The van der Waals surface area contributed by atoms with Crippen molar-refractivity contribution >= 4 is 37.7 Å². The first kappa shape index (κ1) is 20.9. The van der Waals surface area contributed by atoms with Gasteiger partial charge in [0.1, 0.15) is 12.4 Å². The predicted octanol–water partition coefficient (Wildman–Crippen LogP) is 4.33. The topological polar surface area (TPSA) is 63.7 Å². The lowest BCUT2D eigenvalue weighted by Crippen LogP contribution is -2.39. The van der Waals surface area contributed by atoms with Crippen molar-refractivity contribution in [3.63, 3.8) is 0 Å². The van der Waals surface area contributed by atoms with Crippen molar-refractivity contribution in [3.05, 3.63) is 72.8 Å². The third-order valence-electron chi connectivity index (χ3n) is 5.17. The van der Waals surface area contributed by atoms with Crippen LogP contribution in [0.3, 0.4) is 0 Å². The van der Waals surface area contributed by atoms with Gasteiger partial charge in [0.05, 0.1) is 10.9 Å². The molecule has 3 aromatic rings. The first-order chi connectivity index (χ1) is 14.4. The fraction of sp³-hybridized carbons (Fsp3) is 0.261. The number of hydrogen-bond donors (Lipinski definition) is 0. The summed E-state index contributed by atoms with van der Waals surface area (Å²) in [7, 11) is -3.72. The summed E-state index contributed by atoms with van der Waals surface area (Å²) in [6, 6.07) is 21.9. The normalized spacial score (nSPS) is 19.8. The quantitative estimate of drug-likeness (QED) is 0.570. The number of ether oxygens (including phenoxy) is 1. The van der Waals surface area contributed by atoms with Crippen LogP contribution in [0.4, 0.5) is 0 Å². The zero-order valence-corrected chi connectivity index (χ0v) is 18.2. The first-order valence-electron chi connectivity index (χ1n) is 9.79. The van der Waals surface area contributed by atoms with Crippen LogP contribution in [0.5, 0.6) is 5.75 Å². The summed E-state index contributed by atoms with van der Waals surface area (Å²) >= 11 is 1.20. The Kier molecular flexibility index (Phi) is 6.13. The Hall–Kier alpha value is -2.35. The number of benzene rings is 3. The van der Waals surface area contributed by atoms with Crippen LogP contribution in [0, 0.1) is 0 Å². The molecule has 0 amide bonds. The third-order valence-corrected chi connectivity index (χ3v) is 8.09. The van der Waals surface area contributed by atoms with E-state index in [-0.39, 0.29) is 27.9 Å². The second-order valence-corrected chi connectivity index (χ2v) is 10.7. The second kappa shape index (κ2) is 8.79. The molecule has 5 nitrogen and oxygen atoms in total. The van der Waals surface area contributed by atoms with Crippen molar-refractivity contribution in [1.29, 1.82) is 0 Å². The molecule has 0 N–H and O–H groups in total. The first-order valence-corrected chi connectivity index (χ1v) is 12.1. The summed E-state index contributed by atoms with van der Waals surface area (Å²) in [6.45, 7) is 2.05. The fourth-order valence-corrected chi connectivity index (χ4v) is 6.60. The maximum atomic E-state index is 13.5. The third kappa shape index (κ3) is 4.53. The van der Waals surface area contributed by atoms with E-state index >= 15 is 0 Å². The summed E-state index contributed by atoms with van der Waals surface area (Å²) in [4.78, 5) is 11.9. The molecule has 7 heteroatoms. The summed E-state index contributed by atoms with van der Waals surface area (Å²) in [5.41, 5.74) is 0. The minimum absolute atomic E-state index is 0.00678. The molecule has 30 heavy (non-hydrogen) atoms. The van der Waals surface area contributed by atoms with Gasteiger partial charge in [0, 0.05) is 18.7 Å². The zero-order valence-electron chi connectivity index (χ0n) is 16.6. The van der Waals surface area contributed by atoms with Crippen molar-refractivity contribution < 1.29 is 17.9 Å². The number of carbonyl (C=O) groups is 1. The van der Waals surface area contributed by atoms with Crippen LogP contribution in [0.2, 0.25) is 0 Å².